The largest absolute Gasteiger partial charge is 0.228 e. The molecule has 282 valence electrons. The van der Waals surface area contributed by atoms with Crippen molar-refractivity contribution in [3.8, 4) is 84.5 Å². The molecule has 0 radical (unpaired) electrons. The van der Waals surface area contributed by atoms with Crippen LogP contribution in [0.15, 0.2) is 212 Å². The number of rotatable bonds is 5. The first-order chi connectivity index (χ1) is 30.2. The van der Waals surface area contributed by atoms with Gasteiger partial charge < -0.3 is 0 Å². The maximum absolute atomic E-state index is 10.1. The van der Waals surface area contributed by atoms with E-state index in [1.165, 1.54) is 60.8 Å². The molecule has 10 aromatic rings. The van der Waals surface area contributed by atoms with Gasteiger partial charge in [-0.2, -0.15) is 5.26 Å². The van der Waals surface area contributed by atoms with E-state index in [9.17, 15) is 5.26 Å². The van der Waals surface area contributed by atoms with Gasteiger partial charge in [-0.1, -0.05) is 188 Å². The van der Waals surface area contributed by atoms with E-state index in [2.05, 4.69) is 194 Å². The topological polar surface area (TPSA) is 49.6 Å². The molecule has 2 aliphatic carbocycles. The van der Waals surface area contributed by atoms with Gasteiger partial charge in [0.2, 0.25) is 0 Å². The predicted molar refractivity (Wildman–Crippen MR) is 248 cm³/mol. The second-order valence-electron chi connectivity index (χ2n) is 16.0. The molecule has 0 fully saturated rings. The van der Waals surface area contributed by atoms with E-state index >= 15 is 0 Å². The first-order valence-electron chi connectivity index (χ1n) is 20.7. The van der Waals surface area contributed by atoms with Crippen molar-refractivity contribution in [1.29, 1.82) is 5.26 Å². The van der Waals surface area contributed by atoms with Crippen LogP contribution in [0, 0.1) is 11.3 Å². The summed E-state index contributed by atoms with van der Waals surface area (Å²) in [6.07, 6.45) is 0. The summed E-state index contributed by atoms with van der Waals surface area (Å²) < 4.78 is 0. The molecule has 0 atom stereocenters. The Morgan fingerprint density at radius 3 is 1.61 bits per heavy atom. The Balaban J connectivity index is 0.922. The van der Waals surface area contributed by atoms with E-state index in [4.69, 9.17) is 9.97 Å². The Bertz CT molecular complexity index is 3370. The van der Waals surface area contributed by atoms with Gasteiger partial charge >= 0.3 is 0 Å². The van der Waals surface area contributed by atoms with Crippen molar-refractivity contribution >= 4 is 10.8 Å². The fourth-order valence-corrected chi connectivity index (χ4v) is 9.98. The summed E-state index contributed by atoms with van der Waals surface area (Å²) in [5, 5.41) is 12.5. The molecule has 0 amide bonds. The zero-order valence-corrected chi connectivity index (χ0v) is 33.0. The van der Waals surface area contributed by atoms with Crippen molar-refractivity contribution in [2.45, 2.75) is 5.41 Å². The van der Waals surface area contributed by atoms with Crippen LogP contribution >= 0.6 is 0 Å². The molecule has 0 aliphatic heterocycles. The van der Waals surface area contributed by atoms with E-state index in [1.54, 1.807) is 0 Å². The van der Waals surface area contributed by atoms with Crippen molar-refractivity contribution in [2.24, 2.45) is 0 Å². The molecule has 1 heterocycles. The average molecular weight is 774 g/mol. The molecular weight excluding hydrogens is 739 g/mol. The lowest BCUT2D eigenvalue weighted by Gasteiger charge is -2.30. The van der Waals surface area contributed by atoms with Gasteiger partial charge in [0.1, 0.15) is 0 Å². The van der Waals surface area contributed by atoms with Crippen LogP contribution < -0.4 is 0 Å². The molecule has 0 unspecified atom stereocenters. The lowest BCUT2D eigenvalue weighted by atomic mass is 9.70. The summed E-state index contributed by atoms with van der Waals surface area (Å²) in [6.45, 7) is 0. The first-order valence-corrected chi connectivity index (χ1v) is 20.7. The van der Waals surface area contributed by atoms with Gasteiger partial charge in [0.15, 0.2) is 5.82 Å². The summed E-state index contributed by atoms with van der Waals surface area (Å²) in [5.41, 5.74) is 19.5. The highest BCUT2D eigenvalue weighted by Gasteiger charge is 2.52. The van der Waals surface area contributed by atoms with E-state index in [0.717, 1.165) is 44.8 Å². The molecule has 2 aliphatic rings. The number of hydrogen-bond acceptors (Lipinski definition) is 3. The quantitative estimate of drug-likeness (QED) is 0.175. The highest BCUT2D eigenvalue weighted by molar-refractivity contribution is 6.00. The lowest BCUT2D eigenvalue weighted by Crippen LogP contribution is -2.26. The van der Waals surface area contributed by atoms with Crippen LogP contribution in [0.1, 0.15) is 27.8 Å². The Labute approximate surface area is 354 Å². The third kappa shape index (κ3) is 5.36. The number of benzene rings is 9. The second kappa shape index (κ2) is 13.7. The number of nitrogens with zero attached hydrogens (tertiary/aromatic N) is 3. The molecule has 1 aromatic heterocycles. The third-order valence-electron chi connectivity index (χ3n) is 12.8. The molecule has 0 saturated carbocycles. The van der Waals surface area contributed by atoms with E-state index in [-0.39, 0.29) is 0 Å². The molecule has 3 heteroatoms. The van der Waals surface area contributed by atoms with Crippen LogP contribution in [-0.2, 0) is 5.41 Å². The van der Waals surface area contributed by atoms with Crippen molar-refractivity contribution in [3.63, 3.8) is 0 Å². The Morgan fingerprint density at radius 1 is 0.344 bits per heavy atom. The minimum absolute atomic E-state index is 0.511. The molecule has 61 heavy (non-hydrogen) atoms. The Hall–Kier alpha value is -8.19. The maximum atomic E-state index is 10.1. The molecular formula is C58H35N3. The van der Waals surface area contributed by atoms with Crippen LogP contribution in [0.5, 0.6) is 0 Å². The fraction of sp³-hybridized carbons (Fsp3) is 0.0172. The third-order valence-corrected chi connectivity index (χ3v) is 12.8. The normalized spacial score (nSPS) is 12.7. The summed E-state index contributed by atoms with van der Waals surface area (Å²) in [6, 6.07) is 77.9. The predicted octanol–water partition coefficient (Wildman–Crippen LogP) is 14.2. The van der Waals surface area contributed by atoms with Gasteiger partial charge in [-0.25, -0.2) is 9.97 Å². The van der Waals surface area contributed by atoms with Gasteiger partial charge in [0.05, 0.1) is 28.4 Å². The fourth-order valence-electron chi connectivity index (χ4n) is 9.98. The summed E-state index contributed by atoms with van der Waals surface area (Å²) >= 11 is 0. The van der Waals surface area contributed by atoms with E-state index in [0.29, 0.717) is 11.4 Å². The molecule has 1 spiro atoms. The van der Waals surface area contributed by atoms with Gasteiger partial charge in [-0.15, -0.1) is 0 Å². The zero-order valence-electron chi connectivity index (χ0n) is 33.0. The molecule has 3 nitrogen and oxygen atoms in total. The van der Waals surface area contributed by atoms with Gasteiger partial charge in [-0.3, -0.25) is 0 Å². The van der Waals surface area contributed by atoms with Crippen LogP contribution in [0.25, 0.3) is 89.2 Å². The zero-order chi connectivity index (χ0) is 40.5. The van der Waals surface area contributed by atoms with Crippen molar-refractivity contribution in [1.82, 2.24) is 9.97 Å². The van der Waals surface area contributed by atoms with Gasteiger partial charge in [0.25, 0.3) is 0 Å². The Morgan fingerprint density at radius 2 is 0.902 bits per heavy atom. The minimum Gasteiger partial charge on any atom is -0.228 e. The highest BCUT2D eigenvalue weighted by atomic mass is 14.9. The number of aromatic nitrogens is 2. The summed E-state index contributed by atoms with van der Waals surface area (Å²) in [7, 11) is 0. The van der Waals surface area contributed by atoms with Gasteiger partial charge in [0, 0.05) is 16.7 Å². The molecule has 9 aromatic carbocycles. The van der Waals surface area contributed by atoms with Crippen LogP contribution in [0.3, 0.4) is 0 Å². The Kier molecular flexibility index (Phi) is 7.82. The lowest BCUT2D eigenvalue weighted by molar-refractivity contribution is 0.793. The number of hydrogen-bond donors (Lipinski definition) is 0. The van der Waals surface area contributed by atoms with Crippen molar-refractivity contribution in [3.05, 3.63) is 240 Å². The standard InChI is InChI=1S/C58H35N3/c59-36-37-21-32-49-53(33-37)58(50-18-8-6-15-47(50)48-16-7-9-19-51(48)58)52-20-10-17-46(56(49)52)41-27-22-39(23-28-41)40-24-29-43(30-25-40)57-60-54(42-12-2-1-3-13-42)35-55(61-57)45-31-26-38-11-4-5-14-44(38)34-45/h1-35H. The van der Waals surface area contributed by atoms with Gasteiger partial charge in [-0.05, 0) is 102 Å². The molecule has 12 rings (SSSR count). The minimum atomic E-state index is -0.511. The molecule has 0 saturated heterocycles. The molecule has 0 bridgehead atoms. The van der Waals surface area contributed by atoms with E-state index < -0.39 is 5.41 Å². The second-order valence-corrected chi connectivity index (χ2v) is 16.0. The van der Waals surface area contributed by atoms with Crippen molar-refractivity contribution in [2.75, 3.05) is 0 Å². The van der Waals surface area contributed by atoms with E-state index in [1.807, 2.05) is 24.3 Å². The summed E-state index contributed by atoms with van der Waals surface area (Å²) in [5.74, 6) is 0.691. The maximum Gasteiger partial charge on any atom is 0.160 e. The SMILES string of the molecule is N#Cc1ccc2c(c1)C1(c3ccccc3-c3ccccc31)c1cccc(-c3ccc(-c4ccc(-c5nc(-c6ccccc6)cc(-c6ccc7ccccc7c6)n5)cc4)cc3)c1-2. The number of fused-ring (bicyclic) bond motifs is 11. The summed E-state index contributed by atoms with van der Waals surface area (Å²) in [4.78, 5) is 10.2. The van der Waals surface area contributed by atoms with Crippen molar-refractivity contribution < 1.29 is 0 Å². The number of nitriles is 1. The monoisotopic (exact) mass is 773 g/mol. The van der Waals surface area contributed by atoms with Crippen LogP contribution in [0.2, 0.25) is 0 Å². The highest BCUT2D eigenvalue weighted by Crippen LogP contribution is 2.64. The average Bonchev–Trinajstić information content (AvgIpc) is 3.81. The van der Waals surface area contributed by atoms with Crippen LogP contribution in [0.4, 0.5) is 0 Å². The van der Waals surface area contributed by atoms with Crippen LogP contribution in [-0.4, -0.2) is 9.97 Å². The smallest absolute Gasteiger partial charge is 0.160 e. The first kappa shape index (κ1) is 34.8. The molecule has 0 N–H and O–H groups in total.